The van der Waals surface area contributed by atoms with Gasteiger partial charge in [0.2, 0.25) is 11.8 Å². The van der Waals surface area contributed by atoms with Crippen LogP contribution in [0.1, 0.15) is 63.1 Å². The first-order valence-corrected chi connectivity index (χ1v) is 12.9. The minimum Gasteiger partial charge on any atom is -0.381 e. The van der Waals surface area contributed by atoms with E-state index in [-0.39, 0.29) is 29.9 Å². The minimum absolute atomic E-state index is 0.0752. The highest BCUT2D eigenvalue weighted by Crippen LogP contribution is 2.38. The molecule has 1 atom stereocenters. The summed E-state index contributed by atoms with van der Waals surface area (Å²) in [5.74, 6) is 0.467. The Hall–Kier alpha value is -2.31. The number of carbonyl (C=O) groups excluding carboxylic acids is 2. The van der Waals surface area contributed by atoms with E-state index in [1.807, 2.05) is 60.7 Å². The molecule has 2 N–H and O–H groups in total. The maximum absolute atomic E-state index is 13.6. The van der Waals surface area contributed by atoms with Crippen LogP contribution in [0.4, 0.5) is 0 Å². The van der Waals surface area contributed by atoms with Crippen molar-refractivity contribution >= 4 is 24.4 Å². The zero-order valence-corrected chi connectivity index (χ0v) is 21.4. The van der Waals surface area contributed by atoms with Gasteiger partial charge in [-0.2, -0.15) is 12.6 Å². The average Bonchev–Trinajstić information content (AvgIpc) is 2.87. The van der Waals surface area contributed by atoms with Gasteiger partial charge < -0.3 is 15.4 Å². The molecule has 184 valence electrons. The third-order valence-electron chi connectivity index (χ3n) is 6.89. The summed E-state index contributed by atoms with van der Waals surface area (Å²) in [5.41, 5.74) is 1.44. The molecule has 0 aliphatic heterocycles. The number of hydrogen-bond donors (Lipinski definition) is 3. The number of nitrogens with one attached hydrogen (secondary N) is 2. The summed E-state index contributed by atoms with van der Waals surface area (Å²) >= 11 is 4.54. The lowest BCUT2D eigenvalue weighted by atomic mass is 9.73. The maximum atomic E-state index is 13.6. The number of ether oxygens (including phenoxy) is 1. The van der Waals surface area contributed by atoms with Crippen molar-refractivity contribution < 1.29 is 14.3 Å². The smallest absolute Gasteiger partial charge is 0.243 e. The normalized spacial score (nSPS) is 21.3. The second-order valence-electron chi connectivity index (χ2n) is 9.79. The first-order chi connectivity index (χ1) is 16.4. The Bertz CT molecular complexity index is 872. The molecule has 0 unspecified atom stereocenters. The number of carbonyl (C=O) groups is 2. The number of amides is 2. The molecular weight excluding hydrogens is 444 g/mol. The summed E-state index contributed by atoms with van der Waals surface area (Å²) < 4.78 is 5.49. The quantitative estimate of drug-likeness (QED) is 0.421. The van der Waals surface area contributed by atoms with E-state index in [1.165, 1.54) is 0 Å². The van der Waals surface area contributed by atoms with E-state index in [0.29, 0.717) is 25.0 Å². The van der Waals surface area contributed by atoms with Crippen LogP contribution in [-0.4, -0.2) is 36.8 Å². The van der Waals surface area contributed by atoms with E-state index in [2.05, 4.69) is 37.1 Å². The Morgan fingerprint density at radius 2 is 1.50 bits per heavy atom. The van der Waals surface area contributed by atoms with E-state index < -0.39 is 11.5 Å². The van der Waals surface area contributed by atoms with E-state index in [9.17, 15) is 9.59 Å². The van der Waals surface area contributed by atoms with Gasteiger partial charge in [-0.25, -0.2) is 0 Å². The lowest BCUT2D eigenvalue weighted by Crippen LogP contribution is -2.54. The minimum atomic E-state index is -0.612. The fourth-order valence-corrected chi connectivity index (χ4v) is 5.20. The summed E-state index contributed by atoms with van der Waals surface area (Å²) in [6, 6.07) is 18.9. The molecule has 6 heteroatoms. The van der Waals surface area contributed by atoms with Crippen LogP contribution in [-0.2, 0) is 14.3 Å². The van der Waals surface area contributed by atoms with Gasteiger partial charge in [0.25, 0.3) is 0 Å². The van der Waals surface area contributed by atoms with Gasteiger partial charge in [0.1, 0.15) is 6.04 Å². The number of rotatable bonds is 10. The van der Waals surface area contributed by atoms with E-state index in [1.54, 1.807) is 7.11 Å². The van der Waals surface area contributed by atoms with Gasteiger partial charge in [-0.3, -0.25) is 9.59 Å². The Kier molecular flexibility index (Phi) is 9.60. The molecule has 0 saturated heterocycles. The summed E-state index contributed by atoms with van der Waals surface area (Å²) in [7, 11) is 1.72. The van der Waals surface area contributed by atoms with Crippen LogP contribution in [0.3, 0.4) is 0 Å². The van der Waals surface area contributed by atoms with Crippen molar-refractivity contribution in [1.29, 1.82) is 0 Å². The van der Waals surface area contributed by atoms with Gasteiger partial charge in [0, 0.05) is 12.9 Å². The monoisotopic (exact) mass is 482 g/mol. The molecular formula is C28H38N2O3S. The van der Waals surface area contributed by atoms with Gasteiger partial charge in [-0.05, 0) is 49.1 Å². The van der Waals surface area contributed by atoms with Crippen molar-refractivity contribution in [3.05, 3.63) is 71.8 Å². The Labute approximate surface area is 209 Å². The molecule has 1 saturated carbocycles. The first kappa shape index (κ1) is 26.3. The molecule has 1 aliphatic rings. The zero-order chi connectivity index (χ0) is 24.6. The highest BCUT2D eigenvalue weighted by Gasteiger charge is 2.42. The molecule has 0 bridgehead atoms. The molecule has 1 aliphatic carbocycles. The Morgan fingerprint density at radius 1 is 0.971 bits per heavy atom. The van der Waals surface area contributed by atoms with Gasteiger partial charge in [0.05, 0.1) is 17.6 Å². The predicted molar refractivity (Wildman–Crippen MR) is 140 cm³/mol. The van der Waals surface area contributed by atoms with Crippen molar-refractivity contribution in [3.8, 4) is 0 Å². The fourth-order valence-electron chi connectivity index (χ4n) is 4.74. The zero-order valence-electron chi connectivity index (χ0n) is 20.5. The largest absolute Gasteiger partial charge is 0.381 e. The molecule has 0 radical (unpaired) electrons. The standard InChI is InChI=1S/C28H38N2O3S/c1-20(2)18-24(29-27(32)28(19-34)16-14-23(33-3)15-17-28)26(31)30-25(21-10-6-4-7-11-21)22-12-8-5-9-13-22/h4-13,20,23-25,34H,14-19H2,1-3H3,(H,29,32)(H,30,31)/t23-,24-,28+/m0/s1. The summed E-state index contributed by atoms with van der Waals surface area (Å²) in [6.07, 6.45) is 3.84. The summed E-state index contributed by atoms with van der Waals surface area (Å²) in [5, 5.41) is 6.33. The van der Waals surface area contributed by atoms with Crippen LogP contribution in [0.15, 0.2) is 60.7 Å². The molecule has 5 nitrogen and oxygen atoms in total. The predicted octanol–water partition coefficient (Wildman–Crippen LogP) is 4.93. The van der Waals surface area contributed by atoms with Crippen molar-refractivity contribution in [2.75, 3.05) is 12.9 Å². The van der Waals surface area contributed by atoms with Crippen molar-refractivity contribution in [1.82, 2.24) is 10.6 Å². The van der Waals surface area contributed by atoms with Crippen LogP contribution < -0.4 is 10.6 Å². The van der Waals surface area contributed by atoms with Gasteiger partial charge in [-0.15, -0.1) is 0 Å². The van der Waals surface area contributed by atoms with Crippen LogP contribution >= 0.6 is 12.6 Å². The van der Waals surface area contributed by atoms with Crippen molar-refractivity contribution in [2.45, 2.75) is 64.1 Å². The molecule has 3 rings (SSSR count). The highest BCUT2D eigenvalue weighted by molar-refractivity contribution is 7.80. The topological polar surface area (TPSA) is 67.4 Å². The highest BCUT2D eigenvalue weighted by atomic mass is 32.1. The molecule has 34 heavy (non-hydrogen) atoms. The van der Waals surface area contributed by atoms with E-state index in [0.717, 1.165) is 24.0 Å². The lowest BCUT2D eigenvalue weighted by Gasteiger charge is -2.38. The molecule has 1 fully saturated rings. The van der Waals surface area contributed by atoms with Gasteiger partial charge >= 0.3 is 0 Å². The molecule has 2 aromatic rings. The van der Waals surface area contributed by atoms with Crippen LogP contribution in [0.25, 0.3) is 0 Å². The second kappa shape index (κ2) is 12.4. The lowest BCUT2D eigenvalue weighted by molar-refractivity contribution is -0.137. The molecule has 2 amide bonds. The number of thiol groups is 1. The second-order valence-corrected chi connectivity index (χ2v) is 10.1. The molecule has 2 aromatic carbocycles. The van der Waals surface area contributed by atoms with Crippen molar-refractivity contribution in [3.63, 3.8) is 0 Å². The number of benzene rings is 2. The third kappa shape index (κ3) is 6.63. The van der Waals surface area contributed by atoms with Crippen LogP contribution in [0.5, 0.6) is 0 Å². The summed E-state index contributed by atoms with van der Waals surface area (Å²) in [6.45, 7) is 4.13. The summed E-state index contributed by atoms with van der Waals surface area (Å²) in [4.78, 5) is 27.1. The molecule has 0 aromatic heterocycles. The van der Waals surface area contributed by atoms with Crippen LogP contribution in [0.2, 0.25) is 0 Å². The third-order valence-corrected chi connectivity index (χ3v) is 7.49. The SMILES string of the molecule is CO[C@H]1CC[C@@](CS)(C(=O)N[C@@H](CC(C)C)C(=O)NC(c2ccccc2)c2ccccc2)CC1. The maximum Gasteiger partial charge on any atom is 0.243 e. The molecule has 0 heterocycles. The van der Waals surface area contributed by atoms with Crippen molar-refractivity contribution in [2.24, 2.45) is 11.3 Å². The number of hydrogen-bond acceptors (Lipinski definition) is 4. The van der Waals surface area contributed by atoms with E-state index in [4.69, 9.17) is 4.74 Å². The van der Waals surface area contributed by atoms with Gasteiger partial charge in [0.15, 0.2) is 0 Å². The average molecular weight is 483 g/mol. The van der Waals surface area contributed by atoms with E-state index >= 15 is 0 Å². The number of methoxy groups -OCH3 is 1. The fraction of sp³-hybridized carbons (Fsp3) is 0.500. The first-order valence-electron chi connectivity index (χ1n) is 12.2. The van der Waals surface area contributed by atoms with Crippen LogP contribution in [0, 0.1) is 11.3 Å². The molecule has 0 spiro atoms. The van der Waals surface area contributed by atoms with Gasteiger partial charge in [-0.1, -0.05) is 74.5 Å². The Balaban J connectivity index is 1.79. The Morgan fingerprint density at radius 3 is 1.94 bits per heavy atom.